The fourth-order valence-corrected chi connectivity index (χ4v) is 6.34. The fraction of sp³-hybridized carbons (Fsp3) is 0.0909. The molecule has 0 aliphatic carbocycles. The molecule has 0 N–H and O–H groups in total. The standard InChI is InChI=1S/C33H27N3OSi/c1-38(2,3)25-17-18-26-27-15-10-16-28(31(27)37-30(26)20-25)32-35-29-19-23(22-11-6-4-7-12-22)21-34-33(29)36(32)24-13-8-5-9-14-24/h4-21H,1-3H3. The second-order valence-corrected chi connectivity index (χ2v) is 15.9. The van der Waals surface area contributed by atoms with Gasteiger partial charge in [0.1, 0.15) is 16.7 Å². The molecule has 0 saturated heterocycles. The van der Waals surface area contributed by atoms with E-state index in [0.717, 1.165) is 61.3 Å². The van der Waals surface area contributed by atoms with E-state index in [1.807, 2.05) is 42.6 Å². The van der Waals surface area contributed by atoms with E-state index in [9.17, 15) is 0 Å². The number of nitrogens with zero attached hydrogens (tertiary/aromatic N) is 3. The Balaban J connectivity index is 1.50. The van der Waals surface area contributed by atoms with Gasteiger partial charge in [0.15, 0.2) is 11.5 Å². The first-order chi connectivity index (χ1) is 18.5. The van der Waals surface area contributed by atoms with E-state index in [1.54, 1.807) is 0 Å². The molecule has 0 atom stereocenters. The van der Waals surface area contributed by atoms with Crippen molar-refractivity contribution in [1.82, 2.24) is 14.5 Å². The topological polar surface area (TPSA) is 43.9 Å². The monoisotopic (exact) mass is 509 g/mol. The predicted octanol–water partition coefficient (Wildman–Crippen LogP) is 8.20. The highest BCUT2D eigenvalue weighted by molar-refractivity contribution is 6.88. The van der Waals surface area contributed by atoms with Crippen LogP contribution in [0.3, 0.4) is 0 Å². The molecule has 0 spiro atoms. The molecule has 0 amide bonds. The Morgan fingerprint density at radius 2 is 1.47 bits per heavy atom. The Hall–Kier alpha value is -4.48. The van der Waals surface area contributed by atoms with Gasteiger partial charge in [0, 0.05) is 28.2 Å². The molecule has 4 aromatic carbocycles. The molecule has 0 fully saturated rings. The smallest absolute Gasteiger partial charge is 0.164 e. The first-order valence-electron chi connectivity index (χ1n) is 12.9. The van der Waals surface area contributed by atoms with Crippen molar-refractivity contribution in [2.75, 3.05) is 0 Å². The van der Waals surface area contributed by atoms with E-state index in [4.69, 9.17) is 14.4 Å². The normalized spacial score (nSPS) is 12.1. The van der Waals surface area contributed by atoms with Crippen LogP contribution in [-0.4, -0.2) is 22.6 Å². The van der Waals surface area contributed by atoms with E-state index in [-0.39, 0.29) is 0 Å². The van der Waals surface area contributed by atoms with E-state index < -0.39 is 8.07 Å². The second-order valence-electron chi connectivity index (χ2n) is 10.8. The molecular weight excluding hydrogens is 482 g/mol. The summed E-state index contributed by atoms with van der Waals surface area (Å²) in [5, 5.41) is 3.62. The molecule has 4 nitrogen and oxygen atoms in total. The highest BCUT2D eigenvalue weighted by Gasteiger charge is 2.22. The van der Waals surface area contributed by atoms with Gasteiger partial charge >= 0.3 is 0 Å². The summed E-state index contributed by atoms with van der Waals surface area (Å²) in [5.74, 6) is 0.819. The number of furan rings is 1. The third-order valence-electron chi connectivity index (χ3n) is 7.22. The van der Waals surface area contributed by atoms with Crippen molar-refractivity contribution in [1.29, 1.82) is 0 Å². The molecule has 3 aromatic heterocycles. The van der Waals surface area contributed by atoms with Crippen molar-refractivity contribution < 1.29 is 4.42 Å². The number of aromatic nitrogens is 3. The van der Waals surface area contributed by atoms with Crippen molar-refractivity contribution >= 4 is 46.4 Å². The lowest BCUT2D eigenvalue weighted by atomic mass is 10.1. The summed E-state index contributed by atoms with van der Waals surface area (Å²) in [5.41, 5.74) is 7.58. The Bertz CT molecular complexity index is 1950. The minimum atomic E-state index is -1.47. The third kappa shape index (κ3) is 3.66. The molecule has 0 aliphatic heterocycles. The van der Waals surface area contributed by atoms with Crippen molar-refractivity contribution in [3.8, 4) is 28.2 Å². The van der Waals surface area contributed by atoms with E-state index >= 15 is 0 Å². The molecule has 0 unspecified atom stereocenters. The van der Waals surface area contributed by atoms with Crippen molar-refractivity contribution in [2.24, 2.45) is 0 Å². The van der Waals surface area contributed by atoms with E-state index in [1.165, 1.54) is 5.19 Å². The Morgan fingerprint density at radius 1 is 0.711 bits per heavy atom. The molecule has 0 saturated carbocycles. The van der Waals surface area contributed by atoms with Crippen molar-refractivity contribution in [2.45, 2.75) is 19.6 Å². The molecule has 38 heavy (non-hydrogen) atoms. The zero-order chi connectivity index (χ0) is 25.9. The number of para-hydroxylation sites is 2. The number of pyridine rings is 1. The van der Waals surface area contributed by atoms with E-state index in [0.29, 0.717) is 0 Å². The average Bonchev–Trinajstić information content (AvgIpc) is 3.51. The first kappa shape index (κ1) is 22.7. The summed E-state index contributed by atoms with van der Waals surface area (Å²) in [6.07, 6.45) is 1.93. The second kappa shape index (κ2) is 8.54. The van der Waals surface area contributed by atoms with Gasteiger partial charge in [-0.2, -0.15) is 0 Å². The van der Waals surface area contributed by atoms with Gasteiger partial charge in [-0.1, -0.05) is 97.6 Å². The summed E-state index contributed by atoms with van der Waals surface area (Å²) in [7, 11) is -1.47. The predicted molar refractivity (Wildman–Crippen MR) is 160 cm³/mol. The zero-order valence-corrected chi connectivity index (χ0v) is 22.6. The zero-order valence-electron chi connectivity index (χ0n) is 21.6. The maximum absolute atomic E-state index is 6.60. The SMILES string of the molecule is C[Si](C)(C)c1ccc2c(c1)oc1c(-c3nc4cc(-c5ccccc5)cnc4n3-c3ccccc3)cccc12. The average molecular weight is 510 g/mol. The van der Waals surface area contributed by atoms with Gasteiger partial charge in [0.2, 0.25) is 0 Å². The molecule has 3 heterocycles. The summed E-state index contributed by atoms with van der Waals surface area (Å²) in [6, 6.07) is 35.8. The molecule has 0 radical (unpaired) electrons. The Morgan fingerprint density at radius 3 is 2.24 bits per heavy atom. The molecule has 5 heteroatoms. The number of hydrogen-bond acceptors (Lipinski definition) is 3. The van der Waals surface area contributed by atoms with Gasteiger partial charge in [-0.05, 0) is 35.9 Å². The van der Waals surface area contributed by atoms with Gasteiger partial charge in [-0.3, -0.25) is 4.57 Å². The van der Waals surface area contributed by atoms with Crippen LogP contribution >= 0.6 is 0 Å². The Kier molecular flexibility index (Phi) is 5.10. The maximum atomic E-state index is 6.60. The highest BCUT2D eigenvalue weighted by atomic mass is 28.3. The van der Waals surface area contributed by atoms with Gasteiger partial charge in [0.05, 0.1) is 13.6 Å². The molecular formula is C33H27N3OSi. The lowest BCUT2D eigenvalue weighted by Gasteiger charge is -2.15. The van der Waals surface area contributed by atoms with Crippen LogP contribution in [0.5, 0.6) is 0 Å². The Labute approximate surface area is 222 Å². The molecule has 184 valence electrons. The van der Waals surface area contributed by atoms with Crippen LogP contribution in [0.2, 0.25) is 19.6 Å². The molecule has 7 rings (SSSR count). The largest absolute Gasteiger partial charge is 0.455 e. The van der Waals surface area contributed by atoms with Gasteiger partial charge in [0.25, 0.3) is 0 Å². The maximum Gasteiger partial charge on any atom is 0.164 e. The summed E-state index contributed by atoms with van der Waals surface area (Å²) in [4.78, 5) is 10.1. The lowest BCUT2D eigenvalue weighted by Crippen LogP contribution is -2.37. The van der Waals surface area contributed by atoms with E-state index in [2.05, 4.69) is 90.9 Å². The number of rotatable bonds is 4. The summed E-state index contributed by atoms with van der Waals surface area (Å²) in [6.45, 7) is 7.09. The lowest BCUT2D eigenvalue weighted by molar-refractivity contribution is 0.669. The number of benzene rings is 4. The summed E-state index contributed by atoms with van der Waals surface area (Å²) >= 11 is 0. The van der Waals surface area contributed by atoms with Crippen molar-refractivity contribution in [3.63, 3.8) is 0 Å². The van der Waals surface area contributed by atoms with Crippen LogP contribution in [0.1, 0.15) is 0 Å². The minimum Gasteiger partial charge on any atom is -0.455 e. The first-order valence-corrected chi connectivity index (χ1v) is 16.4. The minimum absolute atomic E-state index is 0.819. The quantitative estimate of drug-likeness (QED) is 0.225. The van der Waals surface area contributed by atoms with Crippen LogP contribution in [0.15, 0.2) is 114 Å². The van der Waals surface area contributed by atoms with Crippen LogP contribution in [0.25, 0.3) is 61.3 Å². The number of fused-ring (bicyclic) bond motifs is 4. The van der Waals surface area contributed by atoms with Crippen LogP contribution in [-0.2, 0) is 0 Å². The van der Waals surface area contributed by atoms with Crippen LogP contribution < -0.4 is 5.19 Å². The van der Waals surface area contributed by atoms with Crippen molar-refractivity contribution in [3.05, 3.63) is 109 Å². The van der Waals surface area contributed by atoms with Crippen LogP contribution in [0, 0.1) is 0 Å². The van der Waals surface area contributed by atoms with Gasteiger partial charge < -0.3 is 4.42 Å². The van der Waals surface area contributed by atoms with Crippen LogP contribution in [0.4, 0.5) is 0 Å². The van der Waals surface area contributed by atoms with Gasteiger partial charge in [-0.15, -0.1) is 0 Å². The molecule has 0 aliphatic rings. The number of hydrogen-bond donors (Lipinski definition) is 0. The number of imidazole rings is 1. The summed E-state index contributed by atoms with van der Waals surface area (Å²) < 4.78 is 8.74. The fourth-order valence-electron chi connectivity index (χ4n) is 5.20. The van der Waals surface area contributed by atoms with Gasteiger partial charge in [-0.25, -0.2) is 9.97 Å². The third-order valence-corrected chi connectivity index (χ3v) is 9.27. The molecule has 0 bridgehead atoms. The highest BCUT2D eigenvalue weighted by Crippen LogP contribution is 2.38. The molecule has 7 aromatic rings.